The van der Waals surface area contributed by atoms with Crippen LogP contribution in [0.15, 0.2) is 12.1 Å². The average molecular weight is 234 g/mol. The first-order valence-corrected chi connectivity index (χ1v) is 6.04. The van der Waals surface area contributed by atoms with Gasteiger partial charge in [0.2, 0.25) is 0 Å². The van der Waals surface area contributed by atoms with Crippen LogP contribution in [-0.4, -0.2) is 11.1 Å². The van der Waals surface area contributed by atoms with Crippen LogP contribution in [0, 0.1) is 26.2 Å². The van der Waals surface area contributed by atoms with Gasteiger partial charge in [0.15, 0.2) is 0 Å². The molecule has 0 heterocycles. The summed E-state index contributed by atoms with van der Waals surface area (Å²) in [6.07, 6.45) is 1.50. The molecule has 0 fully saturated rings. The Balaban J connectivity index is 2.87. The summed E-state index contributed by atoms with van der Waals surface area (Å²) in [5.41, 5.74) is 4.45. The Morgan fingerprint density at radius 3 is 2.06 bits per heavy atom. The molecule has 0 saturated heterocycles. The summed E-state index contributed by atoms with van der Waals surface area (Å²) in [6, 6.07) is 4.33. The van der Waals surface area contributed by atoms with Gasteiger partial charge in [-0.25, -0.2) is 0 Å². The molecule has 0 aliphatic rings. The molecule has 0 amide bonds. The quantitative estimate of drug-likeness (QED) is 0.863. The monoisotopic (exact) mass is 234 g/mol. The van der Waals surface area contributed by atoms with Gasteiger partial charge in [-0.1, -0.05) is 17.7 Å². The second kappa shape index (κ2) is 4.91. The normalized spacial score (nSPS) is 11.6. The molecule has 0 atom stereocenters. The maximum atomic E-state index is 11.1. The predicted molar refractivity (Wildman–Crippen MR) is 70.4 cm³/mol. The third-order valence-electron chi connectivity index (χ3n) is 3.42. The molecule has 2 nitrogen and oxygen atoms in total. The van der Waals surface area contributed by atoms with Gasteiger partial charge in [0.25, 0.3) is 0 Å². The van der Waals surface area contributed by atoms with Crippen LogP contribution in [0.5, 0.6) is 0 Å². The third-order valence-corrected chi connectivity index (χ3v) is 3.42. The van der Waals surface area contributed by atoms with Crippen LogP contribution < -0.4 is 0 Å². The lowest BCUT2D eigenvalue weighted by atomic mass is 9.84. The zero-order valence-electron chi connectivity index (χ0n) is 11.4. The summed E-state index contributed by atoms with van der Waals surface area (Å²) in [6.45, 7) is 9.86. The molecule has 17 heavy (non-hydrogen) atoms. The smallest absolute Gasteiger partial charge is 0.309 e. The highest BCUT2D eigenvalue weighted by molar-refractivity contribution is 5.73. The molecule has 0 aromatic heterocycles. The van der Waals surface area contributed by atoms with E-state index in [1.165, 1.54) is 22.3 Å². The van der Waals surface area contributed by atoms with Gasteiger partial charge in [0.1, 0.15) is 0 Å². The second-order valence-electron chi connectivity index (χ2n) is 5.57. The number of rotatable bonds is 4. The molecule has 0 bridgehead atoms. The predicted octanol–water partition coefficient (Wildman–Crippen LogP) is 3.66. The van der Waals surface area contributed by atoms with Gasteiger partial charge in [-0.15, -0.1) is 0 Å². The summed E-state index contributed by atoms with van der Waals surface area (Å²) in [7, 11) is 0. The topological polar surface area (TPSA) is 37.3 Å². The average Bonchev–Trinajstić information content (AvgIpc) is 2.15. The Hall–Kier alpha value is -1.31. The van der Waals surface area contributed by atoms with Crippen molar-refractivity contribution >= 4 is 5.97 Å². The first kappa shape index (κ1) is 13.8. The van der Waals surface area contributed by atoms with Crippen molar-refractivity contribution < 1.29 is 9.90 Å². The highest BCUT2D eigenvalue weighted by Crippen LogP contribution is 2.26. The maximum Gasteiger partial charge on any atom is 0.309 e. The van der Waals surface area contributed by atoms with Crippen LogP contribution in [0.25, 0.3) is 0 Å². The largest absolute Gasteiger partial charge is 0.481 e. The van der Waals surface area contributed by atoms with Crippen molar-refractivity contribution in [3.8, 4) is 0 Å². The van der Waals surface area contributed by atoms with E-state index in [0.717, 1.165) is 6.42 Å². The minimum atomic E-state index is -0.722. The molecule has 0 aliphatic carbocycles. The Morgan fingerprint density at radius 2 is 1.65 bits per heavy atom. The Labute approximate surface area is 104 Å². The van der Waals surface area contributed by atoms with Crippen molar-refractivity contribution in [1.82, 2.24) is 0 Å². The van der Waals surface area contributed by atoms with Crippen LogP contribution in [-0.2, 0) is 11.2 Å². The SMILES string of the molecule is Cc1cc(C)c(CCC(C)(C)C(=O)O)c(C)c1. The molecular weight excluding hydrogens is 212 g/mol. The molecular formula is C15H22O2. The fraction of sp³-hybridized carbons (Fsp3) is 0.533. The summed E-state index contributed by atoms with van der Waals surface area (Å²) >= 11 is 0. The summed E-state index contributed by atoms with van der Waals surface area (Å²) in [5, 5.41) is 9.10. The summed E-state index contributed by atoms with van der Waals surface area (Å²) in [4.78, 5) is 11.1. The van der Waals surface area contributed by atoms with E-state index in [1.54, 1.807) is 13.8 Å². The van der Waals surface area contributed by atoms with Crippen molar-refractivity contribution in [3.05, 3.63) is 34.4 Å². The molecule has 1 aromatic carbocycles. The molecule has 1 N–H and O–H groups in total. The van der Waals surface area contributed by atoms with E-state index >= 15 is 0 Å². The molecule has 0 saturated carbocycles. The number of carboxylic acids is 1. The maximum absolute atomic E-state index is 11.1. The molecule has 94 valence electrons. The van der Waals surface area contributed by atoms with Crippen molar-refractivity contribution in [1.29, 1.82) is 0 Å². The Kier molecular flexibility index (Phi) is 3.97. The highest BCUT2D eigenvalue weighted by atomic mass is 16.4. The third kappa shape index (κ3) is 3.32. The lowest BCUT2D eigenvalue weighted by Gasteiger charge is -2.20. The molecule has 0 spiro atoms. The van der Waals surface area contributed by atoms with E-state index in [2.05, 4.69) is 32.9 Å². The highest BCUT2D eigenvalue weighted by Gasteiger charge is 2.26. The van der Waals surface area contributed by atoms with Crippen LogP contribution in [0.1, 0.15) is 42.5 Å². The Morgan fingerprint density at radius 1 is 1.18 bits per heavy atom. The zero-order valence-corrected chi connectivity index (χ0v) is 11.4. The number of carbonyl (C=O) groups is 1. The number of benzene rings is 1. The van der Waals surface area contributed by atoms with Gasteiger partial charge in [0, 0.05) is 0 Å². The fourth-order valence-electron chi connectivity index (χ4n) is 2.15. The van der Waals surface area contributed by atoms with Crippen LogP contribution >= 0.6 is 0 Å². The number of aliphatic carboxylic acids is 1. The Bertz CT molecular complexity index is 408. The van der Waals surface area contributed by atoms with Crippen LogP contribution in [0.3, 0.4) is 0 Å². The summed E-state index contributed by atoms with van der Waals surface area (Å²) in [5.74, 6) is -0.722. The first-order valence-electron chi connectivity index (χ1n) is 6.04. The van der Waals surface area contributed by atoms with Crippen molar-refractivity contribution in [2.24, 2.45) is 5.41 Å². The van der Waals surface area contributed by atoms with Gasteiger partial charge < -0.3 is 5.11 Å². The number of hydrogen-bond acceptors (Lipinski definition) is 1. The molecule has 0 unspecified atom stereocenters. The van der Waals surface area contributed by atoms with E-state index in [9.17, 15) is 4.79 Å². The molecule has 2 heteroatoms. The molecule has 0 aliphatic heterocycles. The minimum absolute atomic E-state index is 0.649. The van der Waals surface area contributed by atoms with Crippen molar-refractivity contribution in [2.75, 3.05) is 0 Å². The second-order valence-corrected chi connectivity index (χ2v) is 5.57. The number of hydrogen-bond donors (Lipinski definition) is 1. The van der Waals surface area contributed by atoms with Gasteiger partial charge in [-0.05, 0) is 64.2 Å². The summed E-state index contributed by atoms with van der Waals surface area (Å²) < 4.78 is 0. The van der Waals surface area contributed by atoms with E-state index in [1.807, 2.05) is 0 Å². The van der Waals surface area contributed by atoms with Gasteiger partial charge in [-0.3, -0.25) is 4.79 Å². The van der Waals surface area contributed by atoms with E-state index in [4.69, 9.17) is 5.11 Å². The molecule has 1 rings (SSSR count). The fourth-order valence-corrected chi connectivity index (χ4v) is 2.15. The van der Waals surface area contributed by atoms with E-state index in [-0.39, 0.29) is 0 Å². The van der Waals surface area contributed by atoms with E-state index < -0.39 is 11.4 Å². The van der Waals surface area contributed by atoms with Gasteiger partial charge in [0.05, 0.1) is 5.41 Å². The number of aryl methyl sites for hydroxylation is 3. The van der Waals surface area contributed by atoms with Gasteiger partial charge in [-0.2, -0.15) is 0 Å². The van der Waals surface area contributed by atoms with Crippen LogP contribution in [0.4, 0.5) is 0 Å². The minimum Gasteiger partial charge on any atom is -0.481 e. The van der Waals surface area contributed by atoms with Crippen LogP contribution in [0.2, 0.25) is 0 Å². The lowest BCUT2D eigenvalue weighted by molar-refractivity contribution is -0.147. The van der Waals surface area contributed by atoms with Gasteiger partial charge >= 0.3 is 5.97 Å². The van der Waals surface area contributed by atoms with E-state index in [0.29, 0.717) is 6.42 Å². The standard InChI is InChI=1S/C15H22O2/c1-10-8-11(2)13(12(3)9-10)6-7-15(4,5)14(16)17/h8-9H,6-7H2,1-5H3,(H,16,17). The van der Waals surface area contributed by atoms with Crippen molar-refractivity contribution in [3.63, 3.8) is 0 Å². The number of carboxylic acid groups (broad SMARTS) is 1. The molecule has 1 aromatic rings. The van der Waals surface area contributed by atoms with Crippen molar-refractivity contribution in [2.45, 2.75) is 47.5 Å². The lowest BCUT2D eigenvalue weighted by Crippen LogP contribution is -2.24. The molecule has 0 radical (unpaired) electrons. The first-order chi connectivity index (χ1) is 7.74. The zero-order chi connectivity index (χ0) is 13.2.